The molecule has 5 heteroatoms. The van der Waals surface area contributed by atoms with Crippen LogP contribution in [0.25, 0.3) is 0 Å². The van der Waals surface area contributed by atoms with E-state index in [4.69, 9.17) is 4.74 Å². The lowest BCUT2D eigenvalue weighted by molar-refractivity contribution is 0.102. The van der Waals surface area contributed by atoms with E-state index < -0.39 is 17.5 Å². The van der Waals surface area contributed by atoms with Crippen molar-refractivity contribution in [3.63, 3.8) is 0 Å². The Morgan fingerprint density at radius 1 is 1.19 bits per heavy atom. The zero-order valence-corrected chi connectivity index (χ0v) is 11.7. The van der Waals surface area contributed by atoms with Crippen LogP contribution in [0.2, 0.25) is 0 Å². The lowest BCUT2D eigenvalue weighted by atomic mass is 10.1. The topological polar surface area (TPSA) is 38.3 Å². The molecular formula is C16H15F2NO2. The smallest absolute Gasteiger partial charge is 0.258 e. The molecule has 0 aliphatic carbocycles. The van der Waals surface area contributed by atoms with Crippen molar-refractivity contribution in [1.82, 2.24) is 0 Å². The molecule has 0 atom stereocenters. The van der Waals surface area contributed by atoms with Crippen molar-refractivity contribution in [2.75, 3.05) is 11.9 Å². The van der Waals surface area contributed by atoms with Crippen molar-refractivity contribution in [3.8, 4) is 5.75 Å². The lowest BCUT2D eigenvalue weighted by Gasteiger charge is -2.12. The van der Waals surface area contributed by atoms with E-state index in [9.17, 15) is 13.6 Å². The molecule has 0 radical (unpaired) electrons. The number of benzene rings is 2. The van der Waals surface area contributed by atoms with Gasteiger partial charge in [-0.3, -0.25) is 4.79 Å². The molecule has 3 nitrogen and oxygen atoms in total. The minimum absolute atomic E-state index is 0.0765. The number of hydrogen-bond acceptors (Lipinski definition) is 2. The average Bonchev–Trinajstić information content (AvgIpc) is 2.42. The van der Waals surface area contributed by atoms with Crippen LogP contribution in [0.3, 0.4) is 0 Å². The molecule has 0 saturated heterocycles. The summed E-state index contributed by atoms with van der Waals surface area (Å²) in [5.41, 5.74) is 0.941. The standard InChI is InChI=1S/C16H15F2NO2/c1-3-21-15-9-11(17)5-7-14(15)19-16(20)12-6-4-10(2)8-13(12)18/h4-9H,3H2,1-2H3,(H,19,20). The number of anilines is 1. The number of halogens is 2. The molecule has 0 fully saturated rings. The van der Waals surface area contributed by atoms with E-state index in [0.717, 1.165) is 5.56 Å². The molecule has 0 heterocycles. The maximum absolute atomic E-state index is 13.8. The summed E-state index contributed by atoms with van der Waals surface area (Å²) in [6.45, 7) is 3.80. The van der Waals surface area contributed by atoms with Crippen molar-refractivity contribution in [1.29, 1.82) is 0 Å². The molecule has 0 unspecified atom stereocenters. The molecule has 2 aromatic rings. The van der Waals surface area contributed by atoms with Crippen LogP contribution in [-0.2, 0) is 0 Å². The number of hydrogen-bond donors (Lipinski definition) is 1. The fraction of sp³-hybridized carbons (Fsp3) is 0.188. The summed E-state index contributed by atoms with van der Waals surface area (Å²) in [5, 5.41) is 2.53. The van der Waals surface area contributed by atoms with Gasteiger partial charge in [-0.25, -0.2) is 8.78 Å². The van der Waals surface area contributed by atoms with Gasteiger partial charge in [-0.15, -0.1) is 0 Å². The van der Waals surface area contributed by atoms with Gasteiger partial charge in [0.15, 0.2) is 0 Å². The zero-order valence-electron chi connectivity index (χ0n) is 11.7. The number of amides is 1. The Labute approximate surface area is 121 Å². The van der Waals surface area contributed by atoms with Crippen molar-refractivity contribution < 1.29 is 18.3 Å². The van der Waals surface area contributed by atoms with E-state index >= 15 is 0 Å². The van der Waals surface area contributed by atoms with E-state index in [1.807, 2.05) is 0 Å². The third-order valence-corrected chi connectivity index (χ3v) is 2.86. The fourth-order valence-corrected chi connectivity index (χ4v) is 1.87. The summed E-state index contributed by atoms with van der Waals surface area (Å²) in [5.74, 6) is -1.48. The summed E-state index contributed by atoms with van der Waals surface area (Å²) >= 11 is 0. The highest BCUT2D eigenvalue weighted by atomic mass is 19.1. The Morgan fingerprint density at radius 3 is 2.62 bits per heavy atom. The molecule has 2 aromatic carbocycles. The minimum atomic E-state index is -0.611. The molecule has 1 N–H and O–H groups in total. The van der Waals surface area contributed by atoms with Crippen LogP contribution in [0.15, 0.2) is 36.4 Å². The number of aryl methyl sites for hydroxylation is 1. The first kappa shape index (κ1) is 15.0. The van der Waals surface area contributed by atoms with E-state index in [1.165, 1.54) is 30.3 Å². The molecule has 110 valence electrons. The first-order valence-electron chi connectivity index (χ1n) is 6.51. The van der Waals surface area contributed by atoms with Crippen molar-refractivity contribution in [3.05, 3.63) is 59.2 Å². The molecule has 0 spiro atoms. The normalized spacial score (nSPS) is 10.3. The van der Waals surface area contributed by atoms with Gasteiger partial charge in [0.2, 0.25) is 0 Å². The highest BCUT2D eigenvalue weighted by Crippen LogP contribution is 2.26. The molecular weight excluding hydrogens is 276 g/mol. The SMILES string of the molecule is CCOc1cc(F)ccc1NC(=O)c1ccc(C)cc1F. The Kier molecular flexibility index (Phi) is 4.52. The summed E-state index contributed by atoms with van der Waals surface area (Å²) in [7, 11) is 0. The van der Waals surface area contributed by atoms with E-state index in [2.05, 4.69) is 5.32 Å². The van der Waals surface area contributed by atoms with Crippen LogP contribution < -0.4 is 10.1 Å². The van der Waals surface area contributed by atoms with Crippen LogP contribution in [0.4, 0.5) is 14.5 Å². The monoisotopic (exact) mass is 291 g/mol. The molecule has 0 aromatic heterocycles. The lowest BCUT2D eigenvalue weighted by Crippen LogP contribution is -2.15. The van der Waals surface area contributed by atoms with Gasteiger partial charge in [-0.05, 0) is 43.7 Å². The Hall–Kier alpha value is -2.43. The largest absolute Gasteiger partial charge is 0.492 e. The van der Waals surface area contributed by atoms with Crippen LogP contribution in [0.5, 0.6) is 5.75 Å². The number of rotatable bonds is 4. The maximum atomic E-state index is 13.8. The van der Waals surface area contributed by atoms with E-state index in [1.54, 1.807) is 19.9 Å². The quantitative estimate of drug-likeness (QED) is 0.927. The van der Waals surface area contributed by atoms with Crippen molar-refractivity contribution in [2.24, 2.45) is 0 Å². The highest BCUT2D eigenvalue weighted by Gasteiger charge is 2.14. The maximum Gasteiger partial charge on any atom is 0.258 e. The summed E-state index contributed by atoms with van der Waals surface area (Å²) in [6, 6.07) is 8.08. The Balaban J connectivity index is 2.27. The van der Waals surface area contributed by atoms with Gasteiger partial charge >= 0.3 is 0 Å². The van der Waals surface area contributed by atoms with Crippen LogP contribution in [0, 0.1) is 18.6 Å². The molecule has 21 heavy (non-hydrogen) atoms. The molecule has 1 amide bonds. The summed E-state index contributed by atoms with van der Waals surface area (Å²) in [4.78, 5) is 12.1. The first-order valence-corrected chi connectivity index (χ1v) is 6.51. The second kappa shape index (κ2) is 6.35. The fourth-order valence-electron chi connectivity index (χ4n) is 1.87. The summed E-state index contributed by atoms with van der Waals surface area (Å²) < 4.78 is 32.2. The van der Waals surface area contributed by atoms with Crippen molar-refractivity contribution >= 4 is 11.6 Å². The molecule has 0 aliphatic rings. The second-order valence-electron chi connectivity index (χ2n) is 4.51. The van der Waals surface area contributed by atoms with Gasteiger partial charge < -0.3 is 10.1 Å². The number of ether oxygens (including phenoxy) is 1. The van der Waals surface area contributed by atoms with Gasteiger partial charge in [0.1, 0.15) is 17.4 Å². The number of nitrogens with one attached hydrogen (secondary N) is 1. The predicted octanol–water partition coefficient (Wildman–Crippen LogP) is 3.92. The number of carbonyl (C=O) groups is 1. The second-order valence-corrected chi connectivity index (χ2v) is 4.51. The third kappa shape index (κ3) is 3.56. The van der Waals surface area contributed by atoms with Crippen LogP contribution >= 0.6 is 0 Å². The van der Waals surface area contributed by atoms with Gasteiger partial charge in [0.25, 0.3) is 5.91 Å². The minimum Gasteiger partial charge on any atom is -0.492 e. The number of carbonyl (C=O) groups excluding carboxylic acids is 1. The van der Waals surface area contributed by atoms with Gasteiger partial charge in [0, 0.05) is 6.07 Å². The molecule has 0 saturated carbocycles. The molecule has 0 bridgehead atoms. The van der Waals surface area contributed by atoms with Gasteiger partial charge in [-0.2, -0.15) is 0 Å². The van der Waals surface area contributed by atoms with Gasteiger partial charge in [-0.1, -0.05) is 6.07 Å². The third-order valence-electron chi connectivity index (χ3n) is 2.86. The Morgan fingerprint density at radius 2 is 1.95 bits per heavy atom. The first-order chi connectivity index (χ1) is 10.0. The van der Waals surface area contributed by atoms with Crippen LogP contribution in [-0.4, -0.2) is 12.5 Å². The summed E-state index contributed by atoms with van der Waals surface area (Å²) in [6.07, 6.45) is 0. The molecule has 2 rings (SSSR count). The van der Waals surface area contributed by atoms with E-state index in [0.29, 0.717) is 12.3 Å². The highest BCUT2D eigenvalue weighted by molar-refractivity contribution is 6.05. The predicted molar refractivity (Wildman–Crippen MR) is 76.7 cm³/mol. The Bertz CT molecular complexity index is 671. The van der Waals surface area contributed by atoms with Crippen molar-refractivity contribution in [2.45, 2.75) is 13.8 Å². The van der Waals surface area contributed by atoms with Crippen LogP contribution in [0.1, 0.15) is 22.8 Å². The van der Waals surface area contributed by atoms with Gasteiger partial charge in [0.05, 0.1) is 17.9 Å². The molecule has 0 aliphatic heterocycles. The van der Waals surface area contributed by atoms with E-state index in [-0.39, 0.29) is 11.3 Å². The zero-order chi connectivity index (χ0) is 15.4. The average molecular weight is 291 g/mol.